The van der Waals surface area contributed by atoms with E-state index in [-0.39, 0.29) is 18.1 Å². The first-order valence-corrected chi connectivity index (χ1v) is 5.99. The maximum atomic E-state index is 11.6. The minimum atomic E-state index is 0.0203. The van der Waals surface area contributed by atoms with Crippen molar-refractivity contribution in [3.05, 3.63) is 0 Å². The van der Waals surface area contributed by atoms with Gasteiger partial charge < -0.3 is 20.5 Å². The Morgan fingerprint density at radius 1 is 1.59 bits per heavy atom. The smallest absolute Gasteiger partial charge is 0.234 e. The number of hydrogen-bond acceptors (Lipinski definition) is 5. The van der Waals surface area contributed by atoms with Crippen molar-refractivity contribution < 1.29 is 14.3 Å². The summed E-state index contributed by atoms with van der Waals surface area (Å²) in [4.78, 5) is 13.7. The number of morpholine rings is 1. The van der Waals surface area contributed by atoms with Crippen molar-refractivity contribution in [3.8, 4) is 0 Å². The molecule has 0 radical (unpaired) electrons. The fourth-order valence-electron chi connectivity index (χ4n) is 1.95. The van der Waals surface area contributed by atoms with Crippen LogP contribution in [0.3, 0.4) is 0 Å². The van der Waals surface area contributed by atoms with Crippen molar-refractivity contribution in [1.29, 1.82) is 0 Å². The molecule has 6 nitrogen and oxygen atoms in total. The minimum Gasteiger partial charge on any atom is -0.383 e. The molecule has 2 unspecified atom stereocenters. The zero-order chi connectivity index (χ0) is 12.7. The van der Waals surface area contributed by atoms with Gasteiger partial charge in [-0.2, -0.15) is 0 Å². The molecule has 17 heavy (non-hydrogen) atoms. The molecule has 1 aliphatic rings. The van der Waals surface area contributed by atoms with Gasteiger partial charge in [0.2, 0.25) is 5.91 Å². The summed E-state index contributed by atoms with van der Waals surface area (Å²) in [6.45, 7) is 5.47. The molecule has 1 heterocycles. The van der Waals surface area contributed by atoms with Gasteiger partial charge in [-0.1, -0.05) is 0 Å². The van der Waals surface area contributed by atoms with Crippen molar-refractivity contribution in [2.75, 3.05) is 46.4 Å². The highest BCUT2D eigenvalue weighted by Gasteiger charge is 2.25. The number of ether oxygens (including phenoxy) is 2. The predicted molar refractivity (Wildman–Crippen MR) is 64.7 cm³/mol. The van der Waals surface area contributed by atoms with Crippen LogP contribution in [0.4, 0.5) is 0 Å². The molecule has 0 spiro atoms. The van der Waals surface area contributed by atoms with Crippen LogP contribution in [0.5, 0.6) is 0 Å². The van der Waals surface area contributed by atoms with E-state index in [0.29, 0.717) is 26.2 Å². The third kappa shape index (κ3) is 5.45. The Morgan fingerprint density at radius 2 is 2.35 bits per heavy atom. The van der Waals surface area contributed by atoms with Gasteiger partial charge in [0.15, 0.2) is 0 Å². The Bertz CT molecular complexity index is 238. The van der Waals surface area contributed by atoms with Gasteiger partial charge in [0, 0.05) is 33.3 Å². The Hall–Kier alpha value is -0.690. The average molecular weight is 245 g/mol. The second kappa shape index (κ2) is 7.60. The Labute approximate surface area is 102 Å². The van der Waals surface area contributed by atoms with Crippen molar-refractivity contribution >= 4 is 5.91 Å². The predicted octanol–water partition coefficient (Wildman–Crippen LogP) is -1.20. The van der Waals surface area contributed by atoms with Gasteiger partial charge in [0.1, 0.15) is 0 Å². The first-order chi connectivity index (χ1) is 8.15. The molecular formula is C11H23N3O3. The Balaban J connectivity index is 2.27. The number of methoxy groups -OCH3 is 1. The lowest BCUT2D eigenvalue weighted by Gasteiger charge is -2.35. The van der Waals surface area contributed by atoms with E-state index in [1.807, 2.05) is 6.92 Å². The van der Waals surface area contributed by atoms with Gasteiger partial charge in [0.25, 0.3) is 0 Å². The molecule has 1 amide bonds. The molecular weight excluding hydrogens is 222 g/mol. The topological polar surface area (TPSA) is 76.8 Å². The van der Waals surface area contributed by atoms with Crippen molar-refractivity contribution in [1.82, 2.24) is 10.2 Å². The third-order valence-corrected chi connectivity index (χ3v) is 2.66. The number of amides is 1. The van der Waals surface area contributed by atoms with Crippen LogP contribution in [0.2, 0.25) is 0 Å². The molecule has 0 bridgehead atoms. The van der Waals surface area contributed by atoms with Crippen molar-refractivity contribution in [2.45, 2.75) is 19.1 Å². The molecule has 0 saturated carbocycles. The van der Waals surface area contributed by atoms with Crippen LogP contribution in [0.25, 0.3) is 0 Å². The van der Waals surface area contributed by atoms with E-state index in [1.54, 1.807) is 7.11 Å². The van der Waals surface area contributed by atoms with Gasteiger partial charge in [0.05, 0.1) is 25.4 Å². The lowest BCUT2D eigenvalue weighted by molar-refractivity contribution is -0.126. The quantitative estimate of drug-likeness (QED) is 0.575. The third-order valence-electron chi connectivity index (χ3n) is 2.66. The number of carbonyl (C=O) groups is 1. The van der Waals surface area contributed by atoms with Crippen molar-refractivity contribution in [2.24, 2.45) is 5.73 Å². The number of nitrogens with two attached hydrogens (primary N) is 1. The molecule has 0 aromatic rings. The lowest BCUT2D eigenvalue weighted by atomic mass is 10.2. The van der Waals surface area contributed by atoms with E-state index in [9.17, 15) is 4.79 Å². The number of nitrogens with zero attached hydrogens (tertiary/aromatic N) is 1. The molecule has 3 N–H and O–H groups in total. The lowest BCUT2D eigenvalue weighted by Crippen LogP contribution is -2.52. The second-order valence-electron chi connectivity index (χ2n) is 4.34. The molecule has 0 aromatic carbocycles. The SMILES string of the molecule is COCCNC(=O)CN1CC(C)OC(CN)C1. The van der Waals surface area contributed by atoms with Crippen LogP contribution < -0.4 is 11.1 Å². The summed E-state index contributed by atoms with van der Waals surface area (Å²) in [6, 6.07) is 0. The fraction of sp³-hybridized carbons (Fsp3) is 0.909. The number of hydrogen-bond donors (Lipinski definition) is 2. The van der Waals surface area contributed by atoms with Gasteiger partial charge in [-0.05, 0) is 6.92 Å². The van der Waals surface area contributed by atoms with Gasteiger partial charge in [-0.25, -0.2) is 0 Å². The van der Waals surface area contributed by atoms with Crippen molar-refractivity contribution in [3.63, 3.8) is 0 Å². The maximum absolute atomic E-state index is 11.6. The zero-order valence-corrected chi connectivity index (χ0v) is 10.6. The normalized spacial score (nSPS) is 25.8. The zero-order valence-electron chi connectivity index (χ0n) is 10.6. The summed E-state index contributed by atoms with van der Waals surface area (Å²) in [6.07, 6.45) is 0.162. The molecule has 0 aliphatic carbocycles. The maximum Gasteiger partial charge on any atom is 0.234 e. The van der Waals surface area contributed by atoms with E-state index < -0.39 is 0 Å². The summed E-state index contributed by atoms with van der Waals surface area (Å²) in [5, 5.41) is 2.80. The molecule has 100 valence electrons. The standard InChI is InChI=1S/C11H23N3O3/c1-9-6-14(7-10(5-12)17-9)8-11(15)13-3-4-16-2/h9-10H,3-8,12H2,1-2H3,(H,13,15). The van der Waals surface area contributed by atoms with E-state index in [0.717, 1.165) is 13.1 Å². The first-order valence-electron chi connectivity index (χ1n) is 5.99. The minimum absolute atomic E-state index is 0.0203. The highest BCUT2D eigenvalue weighted by atomic mass is 16.5. The molecule has 1 rings (SSSR count). The van der Waals surface area contributed by atoms with Gasteiger partial charge in [-0.15, -0.1) is 0 Å². The number of rotatable bonds is 6. The summed E-state index contributed by atoms with van der Waals surface area (Å²) in [5.74, 6) is 0.0203. The van der Waals surface area contributed by atoms with Gasteiger partial charge in [-0.3, -0.25) is 9.69 Å². The van der Waals surface area contributed by atoms with E-state index in [4.69, 9.17) is 15.2 Å². The number of nitrogens with one attached hydrogen (secondary N) is 1. The van der Waals surface area contributed by atoms with Crippen LogP contribution >= 0.6 is 0 Å². The van der Waals surface area contributed by atoms with Crippen LogP contribution in [0.1, 0.15) is 6.92 Å². The molecule has 2 atom stereocenters. The first kappa shape index (κ1) is 14.4. The molecule has 1 fully saturated rings. The average Bonchev–Trinajstić information content (AvgIpc) is 2.28. The Kier molecular flexibility index (Phi) is 6.43. The van der Waals surface area contributed by atoms with Gasteiger partial charge >= 0.3 is 0 Å². The van der Waals surface area contributed by atoms with Crippen LogP contribution in [-0.2, 0) is 14.3 Å². The number of carbonyl (C=O) groups excluding carboxylic acids is 1. The fourth-order valence-corrected chi connectivity index (χ4v) is 1.95. The second-order valence-corrected chi connectivity index (χ2v) is 4.34. The largest absolute Gasteiger partial charge is 0.383 e. The van der Waals surface area contributed by atoms with Crippen LogP contribution in [-0.4, -0.2) is 69.5 Å². The summed E-state index contributed by atoms with van der Waals surface area (Å²) in [7, 11) is 1.61. The van der Waals surface area contributed by atoms with E-state index in [1.165, 1.54) is 0 Å². The molecule has 6 heteroatoms. The summed E-state index contributed by atoms with van der Waals surface area (Å²) >= 11 is 0. The Morgan fingerprint density at radius 3 is 3.00 bits per heavy atom. The summed E-state index contributed by atoms with van der Waals surface area (Å²) in [5.41, 5.74) is 5.59. The summed E-state index contributed by atoms with van der Waals surface area (Å²) < 4.78 is 10.5. The molecule has 1 saturated heterocycles. The highest BCUT2D eigenvalue weighted by molar-refractivity contribution is 5.78. The highest BCUT2D eigenvalue weighted by Crippen LogP contribution is 2.09. The van der Waals surface area contributed by atoms with E-state index in [2.05, 4.69) is 10.2 Å². The van der Waals surface area contributed by atoms with Crippen LogP contribution in [0, 0.1) is 0 Å². The van der Waals surface area contributed by atoms with E-state index >= 15 is 0 Å². The monoisotopic (exact) mass is 245 g/mol. The van der Waals surface area contributed by atoms with Crippen LogP contribution in [0.15, 0.2) is 0 Å². The molecule has 1 aliphatic heterocycles. The molecule has 0 aromatic heterocycles.